The minimum absolute atomic E-state index is 0.0780. The highest BCUT2D eigenvalue weighted by molar-refractivity contribution is 6.15. The molecular weight excluding hydrogens is 380 g/mol. The Balaban J connectivity index is 1.50. The minimum atomic E-state index is -0.357. The second kappa shape index (κ2) is 7.29. The van der Waals surface area contributed by atoms with Crippen LogP contribution >= 0.6 is 0 Å². The smallest absolute Gasteiger partial charge is 0.254 e. The van der Waals surface area contributed by atoms with Crippen LogP contribution in [0.25, 0.3) is 11.7 Å². The lowest BCUT2D eigenvalue weighted by Gasteiger charge is -2.12. The molecule has 2 aromatic heterocycles. The van der Waals surface area contributed by atoms with E-state index in [1.165, 1.54) is 11.1 Å². The molecule has 0 bridgehead atoms. The second-order valence-corrected chi connectivity index (χ2v) is 7.85. The molecule has 2 amide bonds. The third-order valence-electron chi connectivity index (χ3n) is 5.21. The summed E-state index contributed by atoms with van der Waals surface area (Å²) in [6, 6.07) is 10.7. The fourth-order valence-corrected chi connectivity index (χ4v) is 3.54. The molecule has 3 aromatic rings. The number of anilines is 2. The molecule has 0 unspecified atom stereocenters. The van der Waals surface area contributed by atoms with E-state index in [2.05, 4.69) is 46.2 Å². The van der Waals surface area contributed by atoms with E-state index in [4.69, 9.17) is 4.98 Å². The van der Waals surface area contributed by atoms with Crippen molar-refractivity contribution in [1.82, 2.24) is 19.9 Å². The Labute approximate surface area is 173 Å². The lowest BCUT2D eigenvalue weighted by Crippen LogP contribution is -2.19. The predicted molar refractivity (Wildman–Crippen MR) is 114 cm³/mol. The van der Waals surface area contributed by atoms with Gasteiger partial charge < -0.3 is 10.6 Å². The number of hydrogen-bond acceptors (Lipinski definition) is 6. The molecule has 1 aromatic carbocycles. The maximum absolute atomic E-state index is 11.9. The zero-order valence-corrected chi connectivity index (χ0v) is 16.6. The third-order valence-corrected chi connectivity index (χ3v) is 5.21. The molecule has 152 valence electrons. The van der Waals surface area contributed by atoms with Gasteiger partial charge in [-0.1, -0.05) is 29.8 Å². The molecule has 3 heterocycles. The Morgan fingerprint density at radius 2 is 2.13 bits per heavy atom. The summed E-state index contributed by atoms with van der Waals surface area (Å²) in [6.45, 7) is 2.72. The number of hydrogen-bond donors (Lipinski definition) is 3. The lowest BCUT2D eigenvalue weighted by molar-refractivity contribution is -0.124. The van der Waals surface area contributed by atoms with Crippen molar-refractivity contribution in [2.75, 3.05) is 10.6 Å². The van der Waals surface area contributed by atoms with Crippen LogP contribution in [-0.2, 0) is 16.1 Å². The molecule has 3 N–H and O–H groups in total. The number of carbonyl (C=O) groups is 2. The summed E-state index contributed by atoms with van der Waals surface area (Å²) < 4.78 is 1.75. The van der Waals surface area contributed by atoms with Gasteiger partial charge in [-0.2, -0.15) is 9.61 Å². The summed E-state index contributed by atoms with van der Waals surface area (Å²) in [6.07, 6.45) is 5.72. The van der Waals surface area contributed by atoms with Gasteiger partial charge in [0.1, 0.15) is 11.6 Å². The van der Waals surface area contributed by atoms with Crippen molar-refractivity contribution >= 4 is 35.2 Å². The van der Waals surface area contributed by atoms with Crippen molar-refractivity contribution < 1.29 is 9.59 Å². The first-order chi connectivity index (χ1) is 14.5. The first-order valence-electron chi connectivity index (χ1n) is 10.0. The molecule has 0 atom stereocenters. The van der Waals surface area contributed by atoms with E-state index in [0.29, 0.717) is 29.4 Å². The molecule has 1 aliphatic carbocycles. The second-order valence-electron chi connectivity index (χ2n) is 7.85. The SMILES string of the molecule is Cc1cccc(CNc2cc(NC3CC3)n3ncc(/C=C4\CC(=O)NC4=O)c3n2)c1. The largest absolute Gasteiger partial charge is 0.367 e. The summed E-state index contributed by atoms with van der Waals surface area (Å²) in [5.41, 5.74) is 4.14. The fraction of sp³-hybridized carbons (Fsp3) is 0.273. The number of aryl methyl sites for hydroxylation is 1. The van der Waals surface area contributed by atoms with Crippen LogP contribution < -0.4 is 16.0 Å². The number of aromatic nitrogens is 3. The van der Waals surface area contributed by atoms with Gasteiger partial charge in [0.25, 0.3) is 5.91 Å². The van der Waals surface area contributed by atoms with Crippen molar-refractivity contribution in [1.29, 1.82) is 0 Å². The molecule has 8 heteroatoms. The lowest BCUT2D eigenvalue weighted by atomic mass is 10.1. The van der Waals surface area contributed by atoms with Gasteiger partial charge in [0.2, 0.25) is 5.91 Å². The Hall–Kier alpha value is -3.68. The van der Waals surface area contributed by atoms with Gasteiger partial charge in [0, 0.05) is 29.8 Å². The van der Waals surface area contributed by atoms with Crippen LogP contribution in [0.5, 0.6) is 0 Å². The van der Waals surface area contributed by atoms with Crippen LogP contribution in [0.1, 0.15) is 36.0 Å². The molecule has 2 fully saturated rings. The predicted octanol–water partition coefficient (Wildman–Crippen LogP) is 2.65. The number of fused-ring (bicyclic) bond motifs is 1. The summed E-state index contributed by atoms with van der Waals surface area (Å²) in [5, 5.41) is 13.7. The first-order valence-corrected chi connectivity index (χ1v) is 10.0. The quantitative estimate of drug-likeness (QED) is 0.433. The topological polar surface area (TPSA) is 100 Å². The number of nitrogens with zero attached hydrogens (tertiary/aromatic N) is 3. The van der Waals surface area contributed by atoms with E-state index < -0.39 is 0 Å². The Morgan fingerprint density at radius 3 is 2.87 bits per heavy atom. The molecule has 2 aliphatic rings. The van der Waals surface area contributed by atoms with Crippen molar-refractivity contribution in [2.24, 2.45) is 0 Å². The molecule has 30 heavy (non-hydrogen) atoms. The van der Waals surface area contributed by atoms with Crippen molar-refractivity contribution in [3.05, 3.63) is 58.8 Å². The molecule has 1 aliphatic heterocycles. The highest BCUT2D eigenvalue weighted by atomic mass is 16.2. The van der Waals surface area contributed by atoms with E-state index >= 15 is 0 Å². The molecule has 1 saturated carbocycles. The highest BCUT2D eigenvalue weighted by Gasteiger charge is 2.25. The van der Waals surface area contributed by atoms with Gasteiger partial charge >= 0.3 is 0 Å². The highest BCUT2D eigenvalue weighted by Crippen LogP contribution is 2.28. The van der Waals surface area contributed by atoms with Gasteiger partial charge in [-0.15, -0.1) is 0 Å². The van der Waals surface area contributed by atoms with E-state index in [9.17, 15) is 9.59 Å². The summed E-state index contributed by atoms with van der Waals surface area (Å²) in [5.74, 6) is 0.932. The van der Waals surface area contributed by atoms with E-state index in [-0.39, 0.29) is 18.2 Å². The number of rotatable bonds is 6. The Bertz CT molecular complexity index is 1190. The van der Waals surface area contributed by atoms with Gasteiger partial charge in [-0.25, -0.2) is 4.98 Å². The van der Waals surface area contributed by atoms with Crippen LogP contribution in [0.4, 0.5) is 11.6 Å². The van der Waals surface area contributed by atoms with Crippen LogP contribution in [0, 0.1) is 6.92 Å². The van der Waals surface area contributed by atoms with Gasteiger partial charge in [0.15, 0.2) is 5.65 Å². The Kier molecular flexibility index (Phi) is 4.46. The van der Waals surface area contributed by atoms with Gasteiger partial charge in [0.05, 0.1) is 12.6 Å². The van der Waals surface area contributed by atoms with E-state index in [1.807, 2.05) is 12.1 Å². The van der Waals surface area contributed by atoms with E-state index in [0.717, 1.165) is 24.5 Å². The molecule has 8 nitrogen and oxygen atoms in total. The van der Waals surface area contributed by atoms with E-state index in [1.54, 1.807) is 16.8 Å². The maximum Gasteiger partial charge on any atom is 0.254 e. The zero-order chi connectivity index (χ0) is 20.7. The van der Waals surface area contributed by atoms with Gasteiger partial charge in [-0.05, 0) is 31.4 Å². The van der Waals surface area contributed by atoms with Gasteiger partial charge in [-0.3, -0.25) is 14.9 Å². The van der Waals surface area contributed by atoms with Crippen LogP contribution in [0.15, 0.2) is 42.1 Å². The normalized spacial score (nSPS) is 17.6. The number of imide groups is 1. The number of nitrogens with one attached hydrogen (secondary N) is 3. The van der Waals surface area contributed by atoms with Crippen LogP contribution in [-0.4, -0.2) is 32.5 Å². The standard InChI is InChI=1S/C22H22N6O2/c1-13-3-2-4-14(7-13)11-23-18-10-19(25-17-5-6-17)28-21(26-18)16(12-24-28)8-15-9-20(29)27-22(15)30/h2-4,7-8,10,12,17,25H,5-6,9,11H2,1H3,(H,23,26)(H,27,29,30)/b15-8+. The number of benzene rings is 1. The molecule has 0 radical (unpaired) electrons. The molecule has 1 saturated heterocycles. The zero-order valence-electron chi connectivity index (χ0n) is 16.6. The summed E-state index contributed by atoms with van der Waals surface area (Å²) >= 11 is 0. The molecule has 0 spiro atoms. The van der Waals surface area contributed by atoms with Crippen LogP contribution in [0.3, 0.4) is 0 Å². The van der Waals surface area contributed by atoms with Crippen molar-refractivity contribution in [3.63, 3.8) is 0 Å². The minimum Gasteiger partial charge on any atom is -0.367 e. The molecular formula is C22H22N6O2. The fourth-order valence-electron chi connectivity index (χ4n) is 3.54. The average molecular weight is 402 g/mol. The van der Waals surface area contributed by atoms with Crippen molar-refractivity contribution in [2.45, 2.75) is 38.8 Å². The molecule has 5 rings (SSSR count). The van der Waals surface area contributed by atoms with Crippen molar-refractivity contribution in [3.8, 4) is 0 Å². The summed E-state index contributed by atoms with van der Waals surface area (Å²) in [4.78, 5) is 28.2. The maximum atomic E-state index is 11.9. The number of carbonyl (C=O) groups excluding carboxylic acids is 2. The third kappa shape index (κ3) is 3.76. The average Bonchev–Trinajstić information content (AvgIpc) is 3.35. The number of amides is 2. The summed E-state index contributed by atoms with van der Waals surface area (Å²) in [7, 11) is 0. The first kappa shape index (κ1) is 18.4. The monoisotopic (exact) mass is 402 g/mol. The van der Waals surface area contributed by atoms with Crippen LogP contribution in [0.2, 0.25) is 0 Å². The Morgan fingerprint density at radius 1 is 1.27 bits per heavy atom.